The van der Waals surface area contributed by atoms with E-state index in [4.69, 9.17) is 24.0 Å². The molecular formula is C13H20BO13P3S. The van der Waals surface area contributed by atoms with Crippen LogP contribution in [0.15, 0.2) is 30.3 Å². The monoisotopic (exact) mass is 520 g/mol. The van der Waals surface area contributed by atoms with Crippen LogP contribution in [0.1, 0.15) is 6.42 Å². The van der Waals surface area contributed by atoms with Gasteiger partial charge in [0.1, 0.15) is 25.8 Å². The molecule has 0 amide bonds. The molecule has 1 fully saturated rings. The first-order chi connectivity index (χ1) is 14.2. The zero-order valence-corrected chi connectivity index (χ0v) is 19.5. The second kappa shape index (κ2) is 11.0. The van der Waals surface area contributed by atoms with Crippen LogP contribution in [-0.2, 0) is 48.4 Å². The van der Waals surface area contributed by atoms with Gasteiger partial charge >= 0.3 is 28.3 Å². The average molecular weight is 520 g/mol. The number of phosphoric ester groups is 1. The first kappa shape index (κ1) is 26.6. The van der Waals surface area contributed by atoms with Gasteiger partial charge in [-0.05, 0) is 23.9 Å². The van der Waals surface area contributed by atoms with E-state index in [1.54, 1.807) is 38.2 Å². The lowest BCUT2D eigenvalue weighted by atomic mass is 9.96. The minimum Gasteiger partial charge on any atom is -0.482 e. The van der Waals surface area contributed by atoms with E-state index >= 15 is 0 Å². The summed E-state index contributed by atoms with van der Waals surface area (Å²) in [6.45, 7) is -5.80. The van der Waals surface area contributed by atoms with Crippen molar-refractivity contribution in [2.24, 2.45) is 0 Å². The maximum Gasteiger partial charge on any atom is 0.479 e. The fraction of sp³-hybridized carbons (Fsp3) is 0.462. The number of carbonyl (C=O) groups excluding carboxylic acids is 1. The molecule has 5 unspecified atom stereocenters. The van der Waals surface area contributed by atoms with Gasteiger partial charge in [0.2, 0.25) is 0 Å². The number of rotatable bonds is 11. The van der Waals surface area contributed by atoms with Crippen LogP contribution >= 0.6 is 22.4 Å². The van der Waals surface area contributed by atoms with E-state index in [2.05, 4.69) is 25.0 Å². The Morgan fingerprint density at radius 1 is 1.16 bits per heavy atom. The van der Waals surface area contributed by atoms with Crippen molar-refractivity contribution in [2.75, 3.05) is 13.2 Å². The van der Waals surface area contributed by atoms with Crippen LogP contribution in [0.25, 0.3) is 0 Å². The lowest BCUT2D eigenvalue weighted by Crippen LogP contribution is -2.32. The lowest BCUT2D eigenvalue weighted by molar-refractivity contribution is -0.154. The minimum absolute atomic E-state index is 0.265. The molecular weight excluding hydrogens is 500 g/mol. The van der Waals surface area contributed by atoms with E-state index in [1.807, 2.05) is 0 Å². The number of phosphoric acid groups is 2. The number of para-hydroxylation sites is 1. The number of hydrogen-bond acceptors (Lipinski definition) is 10. The molecule has 1 aliphatic rings. The summed E-state index contributed by atoms with van der Waals surface area (Å²) in [5.41, 5.74) is 0. The fourth-order valence-electron chi connectivity index (χ4n) is 2.52. The zero-order chi connectivity index (χ0) is 23.3. The molecule has 2 rings (SSSR count). The smallest absolute Gasteiger partial charge is 0.479 e. The Labute approximate surface area is 183 Å². The minimum atomic E-state index is -5.29. The molecule has 4 N–H and O–H groups in total. The number of carbonyl (C=O) groups is 1. The summed E-state index contributed by atoms with van der Waals surface area (Å²) >= 11 is 4.26. The predicted molar refractivity (Wildman–Crippen MR) is 110 cm³/mol. The summed E-state index contributed by atoms with van der Waals surface area (Å²) in [6.07, 6.45) is -1.55. The Bertz CT molecular complexity index is 896. The highest BCUT2D eigenvalue weighted by atomic mass is 32.5. The molecule has 0 saturated carbocycles. The number of esters is 1. The molecule has 1 aromatic carbocycles. The summed E-state index contributed by atoms with van der Waals surface area (Å²) in [4.78, 5) is 48.5. The highest BCUT2D eigenvalue weighted by Gasteiger charge is 2.41. The third-order valence-corrected chi connectivity index (χ3v) is 8.59. The fourth-order valence-corrected chi connectivity index (χ4v) is 7.09. The van der Waals surface area contributed by atoms with Crippen LogP contribution in [-0.4, -0.2) is 64.8 Å². The van der Waals surface area contributed by atoms with E-state index in [0.29, 0.717) is 5.75 Å². The van der Waals surface area contributed by atoms with Gasteiger partial charge in [-0.1, -0.05) is 18.2 Å². The van der Waals surface area contributed by atoms with Crippen LogP contribution < -0.4 is 4.74 Å². The lowest BCUT2D eigenvalue weighted by Gasteiger charge is -2.22. The van der Waals surface area contributed by atoms with Crippen LogP contribution in [0, 0.1) is 0 Å². The van der Waals surface area contributed by atoms with Gasteiger partial charge in [0, 0.05) is 12.4 Å². The second-order valence-electron chi connectivity index (χ2n) is 6.24. The summed E-state index contributed by atoms with van der Waals surface area (Å²) in [6, 6.07) is 8.18. The van der Waals surface area contributed by atoms with Gasteiger partial charge in [0.15, 0.2) is 6.61 Å². The van der Waals surface area contributed by atoms with E-state index in [9.17, 15) is 23.7 Å². The molecule has 174 valence electrons. The van der Waals surface area contributed by atoms with Crippen LogP contribution in [0.3, 0.4) is 0 Å². The molecule has 1 saturated heterocycles. The van der Waals surface area contributed by atoms with E-state index < -0.39 is 47.1 Å². The van der Waals surface area contributed by atoms with Crippen LogP contribution in [0.4, 0.5) is 0 Å². The Balaban J connectivity index is 1.87. The first-order valence-corrected chi connectivity index (χ1v) is 14.2. The van der Waals surface area contributed by atoms with Gasteiger partial charge in [0.25, 0.3) is 0 Å². The van der Waals surface area contributed by atoms with Gasteiger partial charge in [-0.2, -0.15) is 0 Å². The summed E-state index contributed by atoms with van der Waals surface area (Å²) < 4.78 is 51.3. The third-order valence-electron chi connectivity index (χ3n) is 3.59. The standard InChI is InChI=1S/C13H20BO13P3S/c14-12-6-10(25-13(15)8-22-9-4-2-1-3-5-9)11(24-12)7-23-29(19,20)27-30(21,31)26-28(16,17)18/h1-5,10-12H,6-8,14H2,(H,19,20)(H,21,31)(H2,16,17,18). The van der Waals surface area contributed by atoms with Crippen molar-refractivity contribution < 1.29 is 60.9 Å². The van der Waals surface area contributed by atoms with Crippen molar-refractivity contribution in [3.63, 3.8) is 0 Å². The molecule has 1 aliphatic heterocycles. The molecule has 0 aromatic heterocycles. The molecule has 5 atom stereocenters. The first-order valence-electron chi connectivity index (χ1n) is 8.56. The molecule has 31 heavy (non-hydrogen) atoms. The van der Waals surface area contributed by atoms with Crippen LogP contribution in [0.5, 0.6) is 5.75 Å². The number of benzene rings is 1. The average Bonchev–Trinajstić information content (AvgIpc) is 2.95. The predicted octanol–water partition coefficient (Wildman–Crippen LogP) is 0.185. The Kier molecular flexibility index (Phi) is 9.42. The summed E-state index contributed by atoms with van der Waals surface area (Å²) in [7, 11) is -8.71. The highest BCUT2D eigenvalue weighted by Crippen LogP contribution is 2.66. The van der Waals surface area contributed by atoms with Crippen molar-refractivity contribution in [3.8, 4) is 5.75 Å². The summed E-state index contributed by atoms with van der Waals surface area (Å²) in [5.74, 6) is -0.244. The maximum absolute atomic E-state index is 12.0. The van der Waals surface area contributed by atoms with Gasteiger partial charge in [0.05, 0.1) is 6.61 Å². The maximum atomic E-state index is 12.0. The third kappa shape index (κ3) is 10.2. The number of hydrogen-bond donors (Lipinski definition) is 4. The second-order valence-corrected chi connectivity index (χ2v) is 12.0. The Hall–Kier alpha value is -0.655. The molecule has 1 aromatic rings. The van der Waals surface area contributed by atoms with Gasteiger partial charge < -0.3 is 33.8 Å². The van der Waals surface area contributed by atoms with Gasteiger partial charge in [-0.25, -0.2) is 22.5 Å². The van der Waals surface area contributed by atoms with Crippen molar-refractivity contribution in [3.05, 3.63) is 30.3 Å². The van der Waals surface area contributed by atoms with Crippen LogP contribution in [0.2, 0.25) is 0 Å². The van der Waals surface area contributed by atoms with Gasteiger partial charge in [-0.3, -0.25) is 4.52 Å². The topological polar surface area (TPSA) is 188 Å². The molecule has 0 aliphatic carbocycles. The zero-order valence-electron chi connectivity index (χ0n) is 16.0. The van der Waals surface area contributed by atoms with E-state index in [-0.39, 0.29) is 19.0 Å². The molecule has 0 bridgehead atoms. The van der Waals surface area contributed by atoms with E-state index in [1.165, 1.54) is 0 Å². The van der Waals surface area contributed by atoms with E-state index in [0.717, 1.165) is 0 Å². The molecule has 18 heteroatoms. The Morgan fingerprint density at radius 2 is 1.81 bits per heavy atom. The van der Waals surface area contributed by atoms with Crippen molar-refractivity contribution in [2.45, 2.75) is 24.6 Å². The van der Waals surface area contributed by atoms with Gasteiger partial charge in [-0.15, -0.1) is 0 Å². The quantitative estimate of drug-likeness (QED) is 0.176. The largest absolute Gasteiger partial charge is 0.482 e. The number of ether oxygens (including phenoxy) is 3. The molecule has 0 spiro atoms. The summed E-state index contributed by atoms with van der Waals surface area (Å²) in [5, 5.41) is 0. The molecule has 1 heterocycles. The SMILES string of the molecule is BC1CC(OC(=O)COc2ccccc2)C(COP(=O)(O)OP(O)(=S)OP(=O)(O)O)O1. The van der Waals surface area contributed by atoms with Crippen molar-refractivity contribution in [1.82, 2.24) is 0 Å². The van der Waals surface area contributed by atoms with Crippen molar-refractivity contribution in [1.29, 1.82) is 0 Å². The molecule has 13 nitrogen and oxygen atoms in total. The molecule has 0 radical (unpaired) electrons. The van der Waals surface area contributed by atoms with Crippen molar-refractivity contribution >= 4 is 48.0 Å². The Morgan fingerprint density at radius 3 is 2.42 bits per heavy atom. The normalized spacial score (nSPS) is 25.4. The highest BCUT2D eigenvalue weighted by molar-refractivity contribution is 8.09.